The molecular weight excluding hydrogens is 537 g/mol. The number of fused-ring (bicyclic) bond motifs is 3. The maximum Gasteiger partial charge on any atom is 0.522 e. The fourth-order valence-electron chi connectivity index (χ4n) is 6.92. The molecule has 2 heterocycles. The van der Waals surface area contributed by atoms with Crippen molar-refractivity contribution >= 4 is 23.2 Å². The van der Waals surface area contributed by atoms with Gasteiger partial charge in [0.1, 0.15) is 5.75 Å². The fraction of sp³-hybridized carbons (Fsp3) is 0.630. The van der Waals surface area contributed by atoms with Crippen LogP contribution in [0.2, 0.25) is 5.02 Å². The summed E-state index contributed by atoms with van der Waals surface area (Å²) in [5, 5.41) is 15.1. The zero-order valence-electron chi connectivity index (χ0n) is 21.5. The number of hydrogen-bond donors (Lipinski definition) is 2. The molecule has 4 aliphatic rings. The van der Waals surface area contributed by atoms with Gasteiger partial charge in [-0.2, -0.15) is 0 Å². The Morgan fingerprint density at radius 3 is 2.87 bits per heavy atom. The smallest absolute Gasteiger partial charge is 0.477 e. The first-order valence-corrected chi connectivity index (χ1v) is 13.8. The SMILES string of the molecule is CN1CC(C(=O)N[C@@]23CCCC(C2)C(n2cnc([C@H]4C[C@@H](OC(F)(F)F)C4)c2)C[C@@H]3O)Oc2ccc(Cl)cc21. The van der Waals surface area contributed by atoms with Crippen LogP contribution in [-0.4, -0.2) is 64.4 Å². The summed E-state index contributed by atoms with van der Waals surface area (Å²) in [6.45, 7) is 0.366. The zero-order chi connectivity index (χ0) is 27.5. The van der Waals surface area contributed by atoms with Crippen molar-refractivity contribution in [1.82, 2.24) is 14.9 Å². The molecule has 2 bridgehead atoms. The number of anilines is 1. The topological polar surface area (TPSA) is 88.9 Å². The van der Waals surface area contributed by atoms with E-state index >= 15 is 0 Å². The average molecular weight is 569 g/mol. The summed E-state index contributed by atoms with van der Waals surface area (Å²) in [6, 6.07) is 5.30. The highest BCUT2D eigenvalue weighted by atomic mass is 35.5. The van der Waals surface area contributed by atoms with Crippen molar-refractivity contribution in [3.05, 3.63) is 41.4 Å². The molecule has 1 aliphatic heterocycles. The van der Waals surface area contributed by atoms with E-state index in [9.17, 15) is 23.1 Å². The van der Waals surface area contributed by atoms with Crippen molar-refractivity contribution in [2.45, 2.75) is 87.1 Å². The van der Waals surface area contributed by atoms with Crippen molar-refractivity contribution in [3.63, 3.8) is 0 Å². The summed E-state index contributed by atoms with van der Waals surface area (Å²) in [5.41, 5.74) is 0.860. The van der Waals surface area contributed by atoms with Crippen LogP contribution in [0.5, 0.6) is 5.75 Å². The first kappa shape index (κ1) is 26.7. The molecule has 0 radical (unpaired) electrons. The Kier molecular flexibility index (Phi) is 6.74. The van der Waals surface area contributed by atoms with Crippen molar-refractivity contribution in [3.8, 4) is 5.75 Å². The number of rotatable bonds is 5. The predicted molar refractivity (Wildman–Crippen MR) is 137 cm³/mol. The molecule has 2 N–H and O–H groups in total. The van der Waals surface area contributed by atoms with Crippen LogP contribution in [0.15, 0.2) is 30.7 Å². The van der Waals surface area contributed by atoms with E-state index in [1.165, 1.54) is 0 Å². The van der Waals surface area contributed by atoms with Crippen LogP contribution in [0.1, 0.15) is 62.6 Å². The van der Waals surface area contributed by atoms with E-state index in [0.29, 0.717) is 49.4 Å². The second kappa shape index (κ2) is 9.85. The van der Waals surface area contributed by atoms with Gasteiger partial charge in [0, 0.05) is 30.2 Å². The van der Waals surface area contributed by atoms with Crippen molar-refractivity contribution < 1.29 is 32.5 Å². The van der Waals surface area contributed by atoms with Gasteiger partial charge in [-0.1, -0.05) is 18.0 Å². The Balaban J connectivity index is 1.11. The van der Waals surface area contributed by atoms with Gasteiger partial charge in [-0.3, -0.25) is 9.53 Å². The number of likely N-dealkylation sites (N-methyl/N-ethyl adjacent to an activating group) is 1. The molecule has 3 fully saturated rings. The first-order chi connectivity index (χ1) is 18.5. The number of carbonyl (C=O) groups excluding carboxylic acids is 1. The van der Waals surface area contributed by atoms with E-state index in [-0.39, 0.29) is 23.8 Å². The van der Waals surface area contributed by atoms with Gasteiger partial charge in [0.25, 0.3) is 5.91 Å². The molecule has 5 atom stereocenters. The van der Waals surface area contributed by atoms with Crippen LogP contribution in [0.3, 0.4) is 0 Å². The predicted octanol–water partition coefficient (Wildman–Crippen LogP) is 4.57. The number of alkyl halides is 3. The van der Waals surface area contributed by atoms with Crippen molar-refractivity contribution in [1.29, 1.82) is 0 Å². The molecule has 1 aromatic heterocycles. The third kappa shape index (κ3) is 5.20. The van der Waals surface area contributed by atoms with Gasteiger partial charge in [-0.05, 0) is 62.6 Å². The summed E-state index contributed by atoms with van der Waals surface area (Å²) in [5.74, 6) is 0.512. The Morgan fingerprint density at radius 1 is 1.31 bits per heavy atom. The third-order valence-corrected chi connectivity index (χ3v) is 9.23. The molecule has 1 aromatic carbocycles. The van der Waals surface area contributed by atoms with Crippen LogP contribution in [0.25, 0.3) is 0 Å². The summed E-state index contributed by atoms with van der Waals surface area (Å²) in [6.07, 6.45) is 0.911. The summed E-state index contributed by atoms with van der Waals surface area (Å²) < 4.78 is 49.5. The molecule has 3 aliphatic carbocycles. The molecule has 12 heteroatoms. The number of hydrogen-bond acceptors (Lipinski definition) is 6. The Morgan fingerprint density at radius 2 is 2.10 bits per heavy atom. The largest absolute Gasteiger partial charge is 0.522 e. The number of ether oxygens (including phenoxy) is 2. The molecule has 0 saturated heterocycles. The standard InChI is InChI=1S/C27H32ClF3N4O4/c1-34-13-23(38-22-5-4-17(28)9-21(22)34)25(37)33-26-6-2-3-15(11-26)20(10-24(26)36)35-12-19(32-14-35)16-7-18(8-16)39-27(29,30)31/h4-5,9,12,14-16,18,20,23-24,36H,2-3,6-8,10-11,13H2,1H3,(H,33,37)/t15?,16-,18+,20?,23?,24-,26-/m0/s1. The normalized spacial score (nSPS) is 34.1. The van der Waals surface area contributed by atoms with E-state index < -0.39 is 30.2 Å². The van der Waals surface area contributed by atoms with Gasteiger partial charge in [-0.15, -0.1) is 13.2 Å². The van der Waals surface area contributed by atoms with Crippen molar-refractivity contribution in [2.75, 3.05) is 18.5 Å². The minimum absolute atomic E-state index is 0.00238. The maximum atomic E-state index is 13.4. The number of imidazole rings is 1. The highest BCUT2D eigenvalue weighted by Gasteiger charge is 2.51. The van der Waals surface area contributed by atoms with E-state index in [1.54, 1.807) is 18.5 Å². The molecule has 8 nitrogen and oxygen atoms in total. The number of nitrogens with zero attached hydrogens (tertiary/aromatic N) is 3. The second-order valence-electron chi connectivity index (χ2n) is 11.5. The van der Waals surface area contributed by atoms with Crippen LogP contribution in [-0.2, 0) is 9.53 Å². The number of halogens is 4. The Bertz CT molecular complexity index is 1240. The average Bonchev–Trinajstić information content (AvgIpc) is 3.33. The lowest BCUT2D eigenvalue weighted by Crippen LogP contribution is -2.65. The first-order valence-electron chi connectivity index (χ1n) is 13.4. The molecule has 6 rings (SSSR count). The van der Waals surface area contributed by atoms with Gasteiger partial charge in [0.05, 0.1) is 42.0 Å². The number of aliphatic hydroxyl groups excluding tert-OH is 1. The van der Waals surface area contributed by atoms with E-state index in [1.807, 2.05) is 28.8 Å². The highest BCUT2D eigenvalue weighted by Crippen LogP contribution is 2.49. The zero-order valence-corrected chi connectivity index (χ0v) is 22.3. The molecule has 1 amide bonds. The minimum Gasteiger partial charge on any atom is -0.477 e. The van der Waals surface area contributed by atoms with Gasteiger partial charge in [-0.25, -0.2) is 4.98 Å². The Hall–Kier alpha value is -2.50. The number of carbonyl (C=O) groups is 1. The summed E-state index contributed by atoms with van der Waals surface area (Å²) >= 11 is 6.12. The van der Waals surface area contributed by atoms with Gasteiger partial charge >= 0.3 is 6.36 Å². The van der Waals surface area contributed by atoms with Crippen molar-refractivity contribution in [2.24, 2.45) is 5.92 Å². The lowest BCUT2D eigenvalue weighted by molar-refractivity contribution is -0.351. The lowest BCUT2D eigenvalue weighted by atomic mass is 9.63. The molecule has 3 unspecified atom stereocenters. The molecule has 212 valence electrons. The molecule has 2 aromatic rings. The maximum absolute atomic E-state index is 13.4. The van der Waals surface area contributed by atoms with Gasteiger partial charge in [0.15, 0.2) is 6.10 Å². The number of benzene rings is 1. The molecular formula is C27H32ClF3N4O4. The number of amides is 1. The van der Waals surface area contributed by atoms with E-state index in [4.69, 9.17) is 16.3 Å². The van der Waals surface area contributed by atoms with E-state index in [2.05, 4.69) is 15.0 Å². The van der Waals surface area contributed by atoms with Crippen LogP contribution in [0, 0.1) is 5.92 Å². The van der Waals surface area contributed by atoms with E-state index in [0.717, 1.165) is 24.2 Å². The highest BCUT2D eigenvalue weighted by molar-refractivity contribution is 6.31. The second-order valence-corrected chi connectivity index (χ2v) is 12.0. The summed E-state index contributed by atoms with van der Waals surface area (Å²) in [7, 11) is 1.89. The van der Waals surface area contributed by atoms with Crippen LogP contribution in [0.4, 0.5) is 18.9 Å². The fourth-order valence-corrected chi connectivity index (χ4v) is 7.08. The quantitative estimate of drug-likeness (QED) is 0.549. The molecule has 0 spiro atoms. The number of nitrogens with one attached hydrogen (secondary N) is 1. The molecule has 3 saturated carbocycles. The summed E-state index contributed by atoms with van der Waals surface area (Å²) in [4.78, 5) is 19.8. The van der Waals surface area contributed by atoms with Crippen LogP contribution < -0.4 is 15.0 Å². The minimum atomic E-state index is -4.62. The monoisotopic (exact) mass is 568 g/mol. The molecule has 39 heavy (non-hydrogen) atoms. The number of aliphatic hydroxyl groups is 1. The Labute approximate surface area is 229 Å². The lowest BCUT2D eigenvalue weighted by Gasteiger charge is -2.52. The van der Waals surface area contributed by atoms with Gasteiger partial charge in [0.2, 0.25) is 0 Å². The third-order valence-electron chi connectivity index (χ3n) is 8.99. The van der Waals surface area contributed by atoms with Gasteiger partial charge < -0.3 is 24.6 Å². The van der Waals surface area contributed by atoms with Crippen LogP contribution >= 0.6 is 11.6 Å². The number of aromatic nitrogens is 2.